The van der Waals surface area contributed by atoms with Crippen LogP contribution >= 0.6 is 22.9 Å². The minimum Gasteiger partial charge on any atom is -0.365 e. The van der Waals surface area contributed by atoms with Crippen LogP contribution in [0.15, 0.2) is 47.8 Å². The van der Waals surface area contributed by atoms with E-state index < -0.39 is 16.8 Å². The molecule has 0 unspecified atom stereocenters. The number of halogens is 1. The molecule has 8 nitrogen and oxygen atoms in total. The van der Waals surface area contributed by atoms with Gasteiger partial charge in [0.1, 0.15) is 12.1 Å². The molecule has 0 atom stereocenters. The summed E-state index contributed by atoms with van der Waals surface area (Å²) in [5, 5.41) is 7.63. The van der Waals surface area contributed by atoms with E-state index in [0.29, 0.717) is 34.2 Å². The van der Waals surface area contributed by atoms with Crippen LogP contribution in [0.4, 0.5) is 5.82 Å². The van der Waals surface area contributed by atoms with Gasteiger partial charge in [-0.15, -0.1) is 11.3 Å². The van der Waals surface area contributed by atoms with Crippen LogP contribution in [0.2, 0.25) is 4.34 Å². The van der Waals surface area contributed by atoms with Crippen molar-refractivity contribution in [2.45, 2.75) is 33.9 Å². The molecule has 0 aliphatic carbocycles. The van der Waals surface area contributed by atoms with Gasteiger partial charge in [-0.1, -0.05) is 39.0 Å². The lowest BCUT2D eigenvalue weighted by Gasteiger charge is -2.18. The number of carbonyl (C=O) groups excluding carboxylic acids is 3. The zero-order chi connectivity index (χ0) is 24.3. The zero-order valence-corrected chi connectivity index (χ0v) is 20.0. The van der Waals surface area contributed by atoms with E-state index >= 15 is 0 Å². The van der Waals surface area contributed by atoms with Gasteiger partial charge in [-0.2, -0.15) is 9.78 Å². The van der Waals surface area contributed by atoms with Crippen molar-refractivity contribution in [1.82, 2.24) is 14.3 Å². The summed E-state index contributed by atoms with van der Waals surface area (Å²) in [4.78, 5) is 50.0. The number of allylic oxidation sites excluding steroid dienone is 1. The number of nitrogens with one attached hydrogen (secondary N) is 1. The molecular weight excluding hydrogens is 464 g/mol. The third kappa shape index (κ3) is 5.37. The topological polar surface area (TPSA) is 103 Å². The van der Waals surface area contributed by atoms with Gasteiger partial charge in [0.05, 0.1) is 28.8 Å². The lowest BCUT2D eigenvalue weighted by Crippen LogP contribution is -2.29. The lowest BCUT2D eigenvalue weighted by molar-refractivity contribution is -0.108. The van der Waals surface area contributed by atoms with Crippen LogP contribution in [0, 0.1) is 5.41 Å². The SMILES string of the molecule is C=CC(=O)c1cc(-c2cc(NCc3ccc(Cl)s3)n(C(=O)C(C)(C)C)n2)cc(=O)n1CC=O. The predicted molar refractivity (Wildman–Crippen MR) is 129 cm³/mol. The molecule has 10 heteroatoms. The first kappa shape index (κ1) is 24.3. The normalized spacial score (nSPS) is 11.3. The molecule has 0 aliphatic rings. The maximum Gasteiger partial charge on any atom is 0.254 e. The van der Waals surface area contributed by atoms with Crippen molar-refractivity contribution in [2.75, 3.05) is 5.32 Å². The Labute approximate surface area is 199 Å². The number of aldehydes is 1. The minimum absolute atomic E-state index is 0.0130. The molecule has 3 aromatic rings. The van der Waals surface area contributed by atoms with Gasteiger partial charge >= 0.3 is 0 Å². The fourth-order valence-electron chi connectivity index (χ4n) is 3.06. The van der Waals surface area contributed by atoms with E-state index in [4.69, 9.17) is 11.6 Å². The van der Waals surface area contributed by atoms with Crippen LogP contribution in [0.3, 0.4) is 0 Å². The maximum atomic E-state index is 13.0. The van der Waals surface area contributed by atoms with Crippen molar-refractivity contribution in [3.8, 4) is 11.3 Å². The summed E-state index contributed by atoms with van der Waals surface area (Å²) in [5.41, 5.74) is -0.574. The van der Waals surface area contributed by atoms with E-state index in [0.717, 1.165) is 15.5 Å². The summed E-state index contributed by atoms with van der Waals surface area (Å²) in [6.07, 6.45) is 1.61. The Morgan fingerprint density at radius 1 is 1.24 bits per heavy atom. The number of ketones is 1. The van der Waals surface area contributed by atoms with Gasteiger partial charge in [0.15, 0.2) is 0 Å². The van der Waals surface area contributed by atoms with Gasteiger partial charge in [0.2, 0.25) is 5.78 Å². The molecule has 0 radical (unpaired) electrons. The quantitative estimate of drug-likeness (QED) is 0.289. The van der Waals surface area contributed by atoms with Crippen LogP contribution in [0.5, 0.6) is 0 Å². The van der Waals surface area contributed by atoms with Gasteiger partial charge in [-0.3, -0.25) is 19.0 Å². The molecule has 33 heavy (non-hydrogen) atoms. The van der Waals surface area contributed by atoms with Crippen molar-refractivity contribution in [3.05, 3.63) is 68.2 Å². The second-order valence-electron chi connectivity index (χ2n) is 8.25. The standard InChI is InChI=1S/C23H23ClN4O4S/c1-5-18(30)17-10-14(11-21(31)27(17)8-9-29)16-12-20(25-13-15-6-7-19(24)33-15)28(26-16)22(32)23(2,3)4/h5-7,9-12,25H,1,8,13H2,2-4H3. The average molecular weight is 487 g/mol. The van der Waals surface area contributed by atoms with Crippen LogP contribution in [0.25, 0.3) is 11.3 Å². The van der Waals surface area contributed by atoms with Crippen molar-refractivity contribution in [3.63, 3.8) is 0 Å². The summed E-state index contributed by atoms with van der Waals surface area (Å²) in [7, 11) is 0. The van der Waals surface area contributed by atoms with E-state index in [1.54, 1.807) is 32.9 Å². The van der Waals surface area contributed by atoms with Gasteiger partial charge < -0.3 is 10.1 Å². The molecule has 0 saturated carbocycles. The maximum absolute atomic E-state index is 13.0. The van der Waals surface area contributed by atoms with Crippen LogP contribution in [0.1, 0.15) is 40.9 Å². The average Bonchev–Trinajstić information content (AvgIpc) is 3.37. The number of rotatable bonds is 8. The third-order valence-corrected chi connectivity index (χ3v) is 5.97. The van der Waals surface area contributed by atoms with Crippen molar-refractivity contribution >= 4 is 46.7 Å². The molecular formula is C23H23ClN4O4S. The molecule has 3 heterocycles. The molecule has 0 aromatic carbocycles. The van der Waals surface area contributed by atoms with Crippen molar-refractivity contribution in [1.29, 1.82) is 0 Å². The van der Waals surface area contributed by atoms with E-state index in [1.807, 2.05) is 6.07 Å². The molecule has 3 aromatic heterocycles. The molecule has 3 rings (SSSR count). The summed E-state index contributed by atoms with van der Waals surface area (Å²) in [5.74, 6) is -0.325. The second kappa shape index (κ2) is 9.68. The Kier molecular flexibility index (Phi) is 7.14. The Hall–Kier alpha value is -3.30. The van der Waals surface area contributed by atoms with E-state index in [2.05, 4.69) is 17.0 Å². The molecule has 0 amide bonds. The number of carbonyl (C=O) groups is 3. The largest absolute Gasteiger partial charge is 0.365 e. The number of hydrogen-bond acceptors (Lipinski definition) is 7. The smallest absolute Gasteiger partial charge is 0.254 e. The second-order valence-corrected chi connectivity index (χ2v) is 10.1. The number of nitrogens with zero attached hydrogens (tertiary/aromatic N) is 3. The van der Waals surface area contributed by atoms with E-state index in [1.165, 1.54) is 28.2 Å². The number of hydrogen-bond donors (Lipinski definition) is 1. The number of thiophene rings is 1. The van der Waals surface area contributed by atoms with Gasteiger partial charge in [0.25, 0.3) is 11.5 Å². The van der Waals surface area contributed by atoms with Crippen LogP contribution in [-0.2, 0) is 17.9 Å². The Morgan fingerprint density at radius 2 is 1.97 bits per heavy atom. The molecule has 0 aliphatic heterocycles. The molecule has 0 bridgehead atoms. The van der Waals surface area contributed by atoms with Gasteiger partial charge in [-0.05, 0) is 24.3 Å². The van der Waals surface area contributed by atoms with E-state index in [9.17, 15) is 19.2 Å². The molecule has 0 fully saturated rings. The fourth-order valence-corrected chi connectivity index (χ4v) is 4.09. The Morgan fingerprint density at radius 3 is 2.55 bits per heavy atom. The molecule has 0 spiro atoms. The fraction of sp³-hybridized carbons (Fsp3) is 0.261. The van der Waals surface area contributed by atoms with Gasteiger partial charge in [0, 0.05) is 28.0 Å². The Bertz CT molecular complexity index is 1300. The molecule has 172 valence electrons. The summed E-state index contributed by atoms with van der Waals surface area (Å²) >= 11 is 7.42. The monoisotopic (exact) mass is 486 g/mol. The first-order valence-corrected chi connectivity index (χ1v) is 11.2. The molecule has 0 saturated heterocycles. The van der Waals surface area contributed by atoms with Gasteiger partial charge in [-0.25, -0.2) is 0 Å². The lowest BCUT2D eigenvalue weighted by atomic mass is 9.96. The van der Waals surface area contributed by atoms with Crippen molar-refractivity contribution in [2.24, 2.45) is 5.41 Å². The highest BCUT2D eigenvalue weighted by Crippen LogP contribution is 2.27. The van der Waals surface area contributed by atoms with E-state index in [-0.39, 0.29) is 18.1 Å². The van der Waals surface area contributed by atoms with Crippen LogP contribution in [-0.4, -0.2) is 32.3 Å². The summed E-state index contributed by atoms with van der Waals surface area (Å²) < 4.78 is 2.98. The number of anilines is 1. The highest BCUT2D eigenvalue weighted by atomic mass is 35.5. The third-order valence-electron chi connectivity index (χ3n) is 4.73. The highest BCUT2D eigenvalue weighted by Gasteiger charge is 2.27. The predicted octanol–water partition coefficient (Wildman–Crippen LogP) is 4.29. The summed E-state index contributed by atoms with van der Waals surface area (Å²) in [6.45, 7) is 8.95. The number of pyridine rings is 1. The van der Waals surface area contributed by atoms with Crippen molar-refractivity contribution < 1.29 is 14.4 Å². The Balaban J connectivity index is 2.10. The van der Waals surface area contributed by atoms with Crippen LogP contribution < -0.4 is 10.9 Å². The highest BCUT2D eigenvalue weighted by molar-refractivity contribution is 7.16. The minimum atomic E-state index is -0.719. The zero-order valence-electron chi connectivity index (χ0n) is 18.4. The summed E-state index contributed by atoms with van der Waals surface area (Å²) in [6, 6.07) is 8.05. The number of aromatic nitrogens is 3. The first-order chi connectivity index (χ1) is 15.5. The first-order valence-electron chi connectivity index (χ1n) is 10.0. The molecule has 1 N–H and O–H groups in total.